The van der Waals surface area contributed by atoms with Gasteiger partial charge in [-0.05, 0) is 37.8 Å². The Morgan fingerprint density at radius 1 is 1.08 bits per heavy atom. The van der Waals surface area contributed by atoms with Crippen molar-refractivity contribution >= 4 is 5.91 Å². The van der Waals surface area contributed by atoms with Gasteiger partial charge in [-0.25, -0.2) is 0 Å². The van der Waals surface area contributed by atoms with E-state index in [-0.39, 0.29) is 23.5 Å². The molecule has 2 aromatic rings. The molecule has 0 spiro atoms. The predicted molar refractivity (Wildman–Crippen MR) is 105 cm³/mol. The third kappa shape index (κ3) is 4.53. The lowest BCUT2D eigenvalue weighted by Crippen LogP contribution is -2.47. The maximum absolute atomic E-state index is 13.1. The fourth-order valence-electron chi connectivity index (χ4n) is 3.85. The van der Waals surface area contributed by atoms with Crippen LogP contribution in [0.5, 0.6) is 0 Å². The molecule has 1 saturated heterocycles. The number of carbonyl (C=O) groups is 1. The molecule has 1 atom stereocenters. The van der Waals surface area contributed by atoms with Gasteiger partial charge in [0.1, 0.15) is 0 Å². The van der Waals surface area contributed by atoms with E-state index in [0.29, 0.717) is 6.42 Å². The van der Waals surface area contributed by atoms with Crippen molar-refractivity contribution in [2.45, 2.75) is 50.7 Å². The Bertz CT molecular complexity index is 672. The van der Waals surface area contributed by atoms with E-state index in [9.17, 15) is 4.79 Å². The Labute approximate surface area is 157 Å². The van der Waals surface area contributed by atoms with Gasteiger partial charge in [-0.1, -0.05) is 60.7 Å². The van der Waals surface area contributed by atoms with Crippen LogP contribution in [0.4, 0.5) is 0 Å². The highest BCUT2D eigenvalue weighted by Crippen LogP contribution is 2.31. The maximum atomic E-state index is 13.1. The van der Waals surface area contributed by atoms with Gasteiger partial charge in [0.2, 0.25) is 5.91 Å². The minimum Gasteiger partial charge on any atom is -0.375 e. The summed E-state index contributed by atoms with van der Waals surface area (Å²) in [6.07, 6.45) is 2.28. The Kier molecular flexibility index (Phi) is 5.77. The fraction of sp³-hybridized carbons (Fsp3) is 0.435. The molecule has 3 rings (SSSR count). The van der Waals surface area contributed by atoms with Gasteiger partial charge in [0, 0.05) is 32.0 Å². The quantitative estimate of drug-likeness (QED) is 0.786. The number of rotatable bonds is 5. The normalized spacial score (nSPS) is 19.3. The van der Waals surface area contributed by atoms with Crippen LogP contribution in [0.15, 0.2) is 60.7 Å². The van der Waals surface area contributed by atoms with Gasteiger partial charge >= 0.3 is 0 Å². The number of nitrogens with zero attached hydrogens (tertiary/aromatic N) is 1. The maximum Gasteiger partial charge on any atom is 0.223 e. The molecule has 1 aliphatic heterocycles. The zero-order chi connectivity index (χ0) is 18.6. The molecule has 0 saturated carbocycles. The second-order valence-electron chi connectivity index (χ2n) is 7.84. The monoisotopic (exact) mass is 351 g/mol. The van der Waals surface area contributed by atoms with Gasteiger partial charge in [0.25, 0.3) is 0 Å². The number of carbonyl (C=O) groups excluding carboxylic acids is 1. The van der Waals surface area contributed by atoms with E-state index in [2.05, 4.69) is 38.1 Å². The molecule has 1 heterocycles. The molecule has 0 N–H and O–H groups in total. The smallest absolute Gasteiger partial charge is 0.223 e. The molecule has 3 heteroatoms. The molecule has 138 valence electrons. The summed E-state index contributed by atoms with van der Waals surface area (Å²) in [5.41, 5.74) is 2.22. The highest BCUT2D eigenvalue weighted by molar-refractivity contribution is 5.78. The van der Waals surface area contributed by atoms with Crippen molar-refractivity contribution in [3.63, 3.8) is 0 Å². The Morgan fingerprint density at radius 3 is 2.12 bits per heavy atom. The predicted octanol–water partition coefficient (Wildman–Crippen LogP) is 4.62. The summed E-state index contributed by atoms with van der Waals surface area (Å²) in [5.74, 6) is 0.283. The van der Waals surface area contributed by atoms with Gasteiger partial charge in [-0.3, -0.25) is 4.79 Å². The van der Waals surface area contributed by atoms with Crippen LogP contribution in [0.2, 0.25) is 0 Å². The van der Waals surface area contributed by atoms with Crippen molar-refractivity contribution in [1.82, 2.24) is 4.90 Å². The number of amides is 1. The van der Waals surface area contributed by atoms with Crippen LogP contribution in [0, 0.1) is 0 Å². The van der Waals surface area contributed by atoms with Gasteiger partial charge < -0.3 is 9.64 Å². The van der Waals surface area contributed by atoms with Crippen LogP contribution in [0.25, 0.3) is 0 Å². The van der Waals surface area contributed by atoms with Gasteiger partial charge in [0.15, 0.2) is 0 Å². The molecule has 0 bridgehead atoms. The number of benzene rings is 2. The van der Waals surface area contributed by atoms with Crippen molar-refractivity contribution in [2.75, 3.05) is 13.7 Å². The van der Waals surface area contributed by atoms with Gasteiger partial charge in [0.05, 0.1) is 5.60 Å². The summed E-state index contributed by atoms with van der Waals surface area (Å²) < 4.78 is 5.81. The molecule has 2 aromatic carbocycles. The SMILES string of the molecule is CN(C(=O)CC(c1ccccc1)c1ccccc1)[C@@H]1CCOC(C)(C)C1. The van der Waals surface area contributed by atoms with Gasteiger partial charge in [-0.2, -0.15) is 0 Å². The summed E-state index contributed by atoms with van der Waals surface area (Å²) in [6, 6.07) is 20.9. The van der Waals surface area contributed by atoms with E-state index >= 15 is 0 Å². The van der Waals surface area contributed by atoms with Crippen LogP contribution in [-0.4, -0.2) is 36.1 Å². The molecular weight excluding hydrogens is 322 g/mol. The average molecular weight is 351 g/mol. The van der Waals surface area contributed by atoms with E-state index in [1.54, 1.807) is 0 Å². The summed E-state index contributed by atoms with van der Waals surface area (Å²) in [4.78, 5) is 15.0. The largest absolute Gasteiger partial charge is 0.375 e. The third-order valence-corrected chi connectivity index (χ3v) is 5.39. The van der Waals surface area contributed by atoms with Crippen molar-refractivity contribution in [3.8, 4) is 0 Å². The Morgan fingerprint density at radius 2 is 1.62 bits per heavy atom. The highest BCUT2D eigenvalue weighted by atomic mass is 16.5. The first-order valence-corrected chi connectivity index (χ1v) is 9.46. The lowest BCUT2D eigenvalue weighted by Gasteiger charge is -2.40. The van der Waals surface area contributed by atoms with Crippen molar-refractivity contribution in [2.24, 2.45) is 0 Å². The second kappa shape index (κ2) is 8.05. The van der Waals surface area contributed by atoms with Crippen molar-refractivity contribution in [1.29, 1.82) is 0 Å². The highest BCUT2D eigenvalue weighted by Gasteiger charge is 2.33. The summed E-state index contributed by atoms with van der Waals surface area (Å²) >= 11 is 0. The van der Waals surface area contributed by atoms with Crippen LogP contribution in [-0.2, 0) is 9.53 Å². The Hall–Kier alpha value is -2.13. The molecule has 26 heavy (non-hydrogen) atoms. The van der Waals surface area contributed by atoms with E-state index < -0.39 is 0 Å². The van der Waals surface area contributed by atoms with E-state index in [4.69, 9.17) is 4.74 Å². The molecule has 3 nitrogen and oxygen atoms in total. The van der Waals surface area contributed by atoms with Crippen LogP contribution < -0.4 is 0 Å². The van der Waals surface area contributed by atoms with Crippen molar-refractivity contribution in [3.05, 3.63) is 71.8 Å². The van der Waals surface area contributed by atoms with Crippen LogP contribution >= 0.6 is 0 Å². The topological polar surface area (TPSA) is 29.5 Å². The first kappa shape index (κ1) is 18.7. The number of hydrogen-bond acceptors (Lipinski definition) is 2. The number of ether oxygens (including phenoxy) is 1. The van der Waals surface area contributed by atoms with Gasteiger partial charge in [-0.15, -0.1) is 0 Å². The third-order valence-electron chi connectivity index (χ3n) is 5.39. The van der Waals surface area contributed by atoms with Crippen LogP contribution in [0.3, 0.4) is 0 Å². The standard InChI is InChI=1S/C23H29NO2/c1-23(2)17-20(14-15-26-23)24(3)22(25)16-21(18-10-6-4-7-11-18)19-12-8-5-9-13-19/h4-13,20-21H,14-17H2,1-3H3/t20-/m1/s1. The first-order chi connectivity index (χ1) is 12.5. The van der Waals surface area contributed by atoms with E-state index in [0.717, 1.165) is 19.4 Å². The van der Waals surface area contributed by atoms with Crippen molar-refractivity contribution < 1.29 is 9.53 Å². The van der Waals surface area contributed by atoms with E-state index in [1.807, 2.05) is 48.3 Å². The summed E-state index contributed by atoms with van der Waals surface area (Å²) in [5, 5.41) is 0. The number of hydrogen-bond donors (Lipinski definition) is 0. The Balaban J connectivity index is 1.77. The lowest BCUT2D eigenvalue weighted by atomic mass is 9.87. The van der Waals surface area contributed by atoms with E-state index in [1.165, 1.54) is 11.1 Å². The second-order valence-corrected chi connectivity index (χ2v) is 7.84. The summed E-state index contributed by atoms with van der Waals surface area (Å²) in [7, 11) is 1.95. The molecule has 0 aliphatic carbocycles. The molecule has 0 radical (unpaired) electrons. The van der Waals surface area contributed by atoms with Crippen LogP contribution in [0.1, 0.15) is 50.2 Å². The first-order valence-electron chi connectivity index (χ1n) is 9.46. The molecule has 1 fully saturated rings. The molecule has 1 aliphatic rings. The lowest BCUT2D eigenvalue weighted by molar-refractivity contribution is -0.138. The molecule has 1 amide bonds. The zero-order valence-electron chi connectivity index (χ0n) is 16.0. The minimum atomic E-state index is -0.157. The molecular formula is C23H29NO2. The average Bonchev–Trinajstić information content (AvgIpc) is 2.66. The minimum absolute atomic E-state index is 0.0835. The molecule has 0 aromatic heterocycles. The summed E-state index contributed by atoms with van der Waals surface area (Å²) in [6.45, 7) is 4.93. The zero-order valence-corrected chi connectivity index (χ0v) is 16.0. The fourth-order valence-corrected chi connectivity index (χ4v) is 3.85. The molecule has 0 unspecified atom stereocenters.